The molecule has 0 saturated heterocycles. The Labute approximate surface area is 123 Å². The lowest BCUT2D eigenvalue weighted by molar-refractivity contribution is -0.135. The summed E-state index contributed by atoms with van der Waals surface area (Å²) in [7, 11) is 0. The number of carbonyl (C=O) groups excluding carboxylic acids is 3. The Bertz CT molecular complexity index is 428. The number of carbonyl (C=O) groups is 3. The van der Waals surface area contributed by atoms with Crippen LogP contribution in [0.5, 0.6) is 0 Å². The smallest absolute Gasteiger partial charge is 0.408 e. The lowest BCUT2D eigenvalue weighted by Crippen LogP contribution is -2.46. The van der Waals surface area contributed by atoms with Crippen LogP contribution in [-0.4, -0.2) is 42.1 Å². The summed E-state index contributed by atoms with van der Waals surface area (Å²) in [6.07, 6.45) is -0.743. The predicted molar refractivity (Wildman–Crippen MR) is 75.2 cm³/mol. The Morgan fingerprint density at radius 2 is 1.86 bits per heavy atom. The number of hydrogen-bond acceptors (Lipinski definition) is 6. The Morgan fingerprint density at radius 1 is 1.29 bits per heavy atom. The van der Waals surface area contributed by atoms with Gasteiger partial charge in [-0.25, -0.2) is 15.0 Å². The number of alkyl carbamates (subject to hydrolysis) is 1. The Kier molecular flexibility index (Phi) is 7.18. The molecule has 0 spiro atoms. The summed E-state index contributed by atoms with van der Waals surface area (Å²) in [4.78, 5) is 34.2. The first-order valence-corrected chi connectivity index (χ1v) is 6.36. The number of nitrogens with two attached hydrogens (primary N) is 1. The van der Waals surface area contributed by atoms with Crippen molar-refractivity contribution in [2.75, 3.05) is 6.61 Å². The maximum atomic E-state index is 11.6. The number of ether oxygens (including phenoxy) is 2. The fourth-order valence-electron chi connectivity index (χ4n) is 1.01. The van der Waals surface area contributed by atoms with E-state index in [1.807, 2.05) is 5.43 Å². The average Bonchev–Trinajstić information content (AvgIpc) is 2.33. The second-order valence-electron chi connectivity index (χ2n) is 5.06. The molecule has 0 saturated carbocycles. The lowest BCUT2D eigenvalue weighted by Gasteiger charge is -2.21. The van der Waals surface area contributed by atoms with Gasteiger partial charge in [0.15, 0.2) is 0 Å². The number of rotatable bonds is 4. The highest BCUT2D eigenvalue weighted by atomic mass is 16.6. The van der Waals surface area contributed by atoms with E-state index in [9.17, 15) is 14.4 Å². The average molecular weight is 302 g/mol. The van der Waals surface area contributed by atoms with Crippen LogP contribution in [0.2, 0.25) is 0 Å². The standard InChI is InChI=1S/C12H22N4O5/c1-6-20-10(18)8(13)15-16-9(17)7(2)14-11(19)21-12(3,4)5/h7H,6H2,1-5H3,(H2,13,15)(H,14,19)(H,16,17)/t7-/m0/s1. The van der Waals surface area contributed by atoms with Gasteiger partial charge >= 0.3 is 12.1 Å². The van der Waals surface area contributed by atoms with E-state index in [1.54, 1.807) is 27.7 Å². The third-order valence-electron chi connectivity index (χ3n) is 1.90. The van der Waals surface area contributed by atoms with Gasteiger partial charge in [0, 0.05) is 0 Å². The topological polar surface area (TPSA) is 132 Å². The zero-order chi connectivity index (χ0) is 16.6. The highest BCUT2D eigenvalue weighted by Gasteiger charge is 2.21. The number of hydrazone groups is 1. The van der Waals surface area contributed by atoms with Gasteiger partial charge in [0.1, 0.15) is 11.6 Å². The first kappa shape index (κ1) is 18.7. The quantitative estimate of drug-likeness (QED) is 0.286. The minimum absolute atomic E-state index is 0.138. The van der Waals surface area contributed by atoms with Gasteiger partial charge < -0.3 is 20.5 Å². The maximum Gasteiger partial charge on any atom is 0.408 e. The summed E-state index contributed by atoms with van der Waals surface area (Å²) in [6, 6.07) is -0.918. The van der Waals surface area contributed by atoms with Crippen LogP contribution in [0.4, 0.5) is 4.79 Å². The third-order valence-corrected chi connectivity index (χ3v) is 1.90. The number of hydrogen-bond donors (Lipinski definition) is 3. The van der Waals surface area contributed by atoms with Crippen molar-refractivity contribution in [3.05, 3.63) is 0 Å². The molecule has 0 aromatic carbocycles. The summed E-state index contributed by atoms with van der Waals surface area (Å²) >= 11 is 0. The molecule has 2 amide bonds. The van der Waals surface area contributed by atoms with E-state index < -0.39 is 35.4 Å². The van der Waals surface area contributed by atoms with Crippen molar-refractivity contribution in [3.8, 4) is 0 Å². The van der Waals surface area contributed by atoms with Crippen LogP contribution in [0, 0.1) is 0 Å². The van der Waals surface area contributed by atoms with Crippen LogP contribution < -0.4 is 16.5 Å². The number of amides is 2. The molecule has 0 rings (SSSR count). The van der Waals surface area contributed by atoms with Crippen molar-refractivity contribution < 1.29 is 23.9 Å². The summed E-state index contributed by atoms with van der Waals surface area (Å²) < 4.78 is 9.57. The molecule has 0 aliphatic carbocycles. The molecule has 0 aromatic heterocycles. The Balaban J connectivity index is 4.37. The van der Waals surface area contributed by atoms with Crippen LogP contribution in [-0.2, 0) is 19.1 Å². The van der Waals surface area contributed by atoms with Crippen LogP contribution in [0.25, 0.3) is 0 Å². The molecule has 0 unspecified atom stereocenters. The Morgan fingerprint density at radius 3 is 2.33 bits per heavy atom. The van der Waals surface area contributed by atoms with E-state index in [0.29, 0.717) is 0 Å². The van der Waals surface area contributed by atoms with Crippen molar-refractivity contribution in [2.24, 2.45) is 10.8 Å². The molecule has 9 heteroatoms. The highest BCUT2D eigenvalue weighted by molar-refractivity contribution is 6.34. The fourth-order valence-corrected chi connectivity index (χ4v) is 1.01. The van der Waals surface area contributed by atoms with Crippen molar-refractivity contribution in [1.82, 2.24) is 10.7 Å². The summed E-state index contributed by atoms with van der Waals surface area (Å²) in [6.45, 7) is 8.26. The van der Waals surface area contributed by atoms with Crippen molar-refractivity contribution >= 4 is 23.8 Å². The molecule has 21 heavy (non-hydrogen) atoms. The number of esters is 1. The normalized spacial score (nSPS) is 13.1. The van der Waals surface area contributed by atoms with Gasteiger partial charge in [-0.2, -0.15) is 0 Å². The minimum Gasteiger partial charge on any atom is -0.460 e. The van der Waals surface area contributed by atoms with E-state index in [0.717, 1.165) is 0 Å². The molecule has 0 heterocycles. The molecule has 0 radical (unpaired) electrons. The summed E-state index contributed by atoms with van der Waals surface area (Å²) in [5.41, 5.74) is 6.65. The predicted octanol–water partition coefficient (Wildman–Crippen LogP) is -0.149. The van der Waals surface area contributed by atoms with Gasteiger partial charge in [-0.3, -0.25) is 4.79 Å². The monoisotopic (exact) mass is 302 g/mol. The fraction of sp³-hybridized carbons (Fsp3) is 0.667. The molecule has 4 N–H and O–H groups in total. The van der Waals surface area contributed by atoms with Gasteiger partial charge in [-0.15, -0.1) is 5.10 Å². The molecule has 120 valence electrons. The molecule has 0 fully saturated rings. The van der Waals surface area contributed by atoms with Gasteiger partial charge in [-0.05, 0) is 34.6 Å². The van der Waals surface area contributed by atoms with Crippen molar-refractivity contribution in [3.63, 3.8) is 0 Å². The van der Waals surface area contributed by atoms with Crippen LogP contribution >= 0.6 is 0 Å². The molecule has 0 bridgehead atoms. The molecule has 0 aromatic rings. The van der Waals surface area contributed by atoms with E-state index in [4.69, 9.17) is 10.5 Å². The summed E-state index contributed by atoms with van der Waals surface area (Å²) in [5.74, 6) is -1.99. The van der Waals surface area contributed by atoms with Gasteiger partial charge in [0.05, 0.1) is 6.61 Å². The van der Waals surface area contributed by atoms with Crippen LogP contribution in [0.1, 0.15) is 34.6 Å². The second-order valence-corrected chi connectivity index (χ2v) is 5.06. The zero-order valence-corrected chi connectivity index (χ0v) is 12.9. The third kappa shape index (κ3) is 8.45. The van der Waals surface area contributed by atoms with Gasteiger partial charge in [0.25, 0.3) is 5.91 Å². The highest BCUT2D eigenvalue weighted by Crippen LogP contribution is 2.06. The van der Waals surface area contributed by atoms with Crippen molar-refractivity contribution in [2.45, 2.75) is 46.3 Å². The first-order chi connectivity index (χ1) is 9.56. The van der Waals surface area contributed by atoms with E-state index >= 15 is 0 Å². The van der Waals surface area contributed by atoms with Gasteiger partial charge in [-0.1, -0.05) is 0 Å². The first-order valence-electron chi connectivity index (χ1n) is 6.36. The van der Waals surface area contributed by atoms with Gasteiger partial charge in [0.2, 0.25) is 5.84 Å². The number of nitrogens with one attached hydrogen (secondary N) is 2. The minimum atomic E-state index is -0.918. The van der Waals surface area contributed by atoms with Crippen LogP contribution in [0.3, 0.4) is 0 Å². The molecular weight excluding hydrogens is 280 g/mol. The van der Waals surface area contributed by atoms with Crippen LogP contribution in [0.15, 0.2) is 5.10 Å². The molecule has 0 aliphatic heterocycles. The van der Waals surface area contributed by atoms with E-state index in [2.05, 4.69) is 15.2 Å². The molecule has 1 atom stereocenters. The second kappa shape index (κ2) is 8.08. The zero-order valence-electron chi connectivity index (χ0n) is 12.9. The van der Waals surface area contributed by atoms with E-state index in [-0.39, 0.29) is 6.61 Å². The number of amidine groups is 1. The van der Waals surface area contributed by atoms with Crippen molar-refractivity contribution in [1.29, 1.82) is 0 Å². The SMILES string of the molecule is CCOC(=O)/C(N)=N/NC(=O)[C@H](C)NC(=O)OC(C)(C)C. The lowest BCUT2D eigenvalue weighted by atomic mass is 10.2. The molecule has 0 aliphatic rings. The largest absolute Gasteiger partial charge is 0.460 e. The maximum absolute atomic E-state index is 11.6. The Hall–Kier alpha value is -2.32. The molecular formula is C12H22N4O5. The summed E-state index contributed by atoms with van der Waals surface area (Å²) in [5, 5.41) is 5.69. The molecule has 9 nitrogen and oxygen atoms in total. The van der Waals surface area contributed by atoms with E-state index in [1.165, 1.54) is 6.92 Å². The number of nitrogens with zero attached hydrogens (tertiary/aromatic N) is 1.